The van der Waals surface area contributed by atoms with Gasteiger partial charge in [0.2, 0.25) is 5.91 Å². The van der Waals surface area contributed by atoms with E-state index < -0.39 is 35.9 Å². The Labute approximate surface area is 199 Å². The zero-order valence-electron chi connectivity index (χ0n) is 20.1. The number of amides is 2. The lowest BCUT2D eigenvalue weighted by Gasteiger charge is -2.29. The van der Waals surface area contributed by atoms with Crippen LogP contribution in [0.2, 0.25) is 0 Å². The number of likely N-dealkylation sites (tertiary alicyclic amines) is 1. The highest BCUT2D eigenvalue weighted by molar-refractivity contribution is 5.87. The van der Waals surface area contributed by atoms with Crippen molar-refractivity contribution in [2.24, 2.45) is 0 Å². The molecule has 3 atom stereocenters. The zero-order valence-corrected chi connectivity index (χ0v) is 20.1. The number of hydrogen-bond acceptors (Lipinski definition) is 3. The molecule has 1 aliphatic carbocycles. The second kappa shape index (κ2) is 9.01. The number of rotatable bonds is 5. The summed E-state index contributed by atoms with van der Waals surface area (Å²) in [6.07, 6.45) is -0.256. The molecule has 2 aromatic rings. The van der Waals surface area contributed by atoms with Crippen molar-refractivity contribution in [1.29, 1.82) is 0 Å². The number of carbonyl (C=O) groups is 2. The van der Waals surface area contributed by atoms with Crippen LogP contribution in [0.15, 0.2) is 48.5 Å². The number of carbonyl (C=O) groups excluding carboxylic acids is 2. The fraction of sp³-hybridized carbons (Fsp3) is 0.481. The summed E-state index contributed by atoms with van der Waals surface area (Å²) in [6, 6.07) is 12.7. The minimum absolute atomic E-state index is 0.113. The molecule has 2 fully saturated rings. The first-order valence-electron chi connectivity index (χ1n) is 11.8. The Hall–Kier alpha value is -2.96. The molecule has 1 aliphatic heterocycles. The lowest BCUT2D eigenvalue weighted by atomic mass is 9.92. The van der Waals surface area contributed by atoms with Gasteiger partial charge in [0, 0.05) is 6.42 Å². The second-order valence-corrected chi connectivity index (χ2v) is 10.6. The van der Waals surface area contributed by atoms with Crippen LogP contribution < -0.4 is 5.32 Å². The molecule has 2 aromatic carbocycles. The average molecular weight is 471 g/mol. The van der Waals surface area contributed by atoms with Gasteiger partial charge < -0.3 is 10.1 Å². The Morgan fingerprint density at radius 1 is 1.12 bits per heavy atom. The van der Waals surface area contributed by atoms with Crippen molar-refractivity contribution in [3.8, 4) is 0 Å². The number of nitrogens with one attached hydrogen (secondary N) is 1. The van der Waals surface area contributed by atoms with Gasteiger partial charge >= 0.3 is 6.09 Å². The molecule has 1 N–H and O–H groups in total. The Bertz CT molecular complexity index is 1060. The number of halogens is 2. The maximum absolute atomic E-state index is 15.0. The van der Waals surface area contributed by atoms with E-state index in [0.717, 1.165) is 23.3 Å². The highest BCUT2D eigenvalue weighted by Gasteiger charge is 2.43. The summed E-state index contributed by atoms with van der Waals surface area (Å²) in [5.74, 6) is -0.800. The van der Waals surface area contributed by atoms with E-state index in [4.69, 9.17) is 4.74 Å². The molecule has 1 heterocycles. The van der Waals surface area contributed by atoms with E-state index in [1.165, 1.54) is 6.07 Å². The second-order valence-electron chi connectivity index (χ2n) is 10.6. The quantitative estimate of drug-likeness (QED) is 0.634. The Kier molecular flexibility index (Phi) is 6.40. The molecule has 0 radical (unpaired) electrons. The normalized spacial score (nSPS) is 22.2. The molecule has 34 heavy (non-hydrogen) atoms. The summed E-state index contributed by atoms with van der Waals surface area (Å²) in [6.45, 7) is 6.99. The molecule has 7 heteroatoms. The van der Waals surface area contributed by atoms with Gasteiger partial charge in [-0.3, -0.25) is 9.69 Å². The minimum Gasteiger partial charge on any atom is -0.444 e. The molecule has 5 nitrogen and oxygen atoms in total. The van der Waals surface area contributed by atoms with Gasteiger partial charge in [0.15, 0.2) is 0 Å². The van der Waals surface area contributed by atoms with Crippen molar-refractivity contribution in [2.75, 3.05) is 6.54 Å². The number of ether oxygens (including phenoxy) is 1. The molecule has 2 amide bonds. The lowest BCUT2D eigenvalue weighted by Crippen LogP contribution is -2.48. The molecule has 1 saturated heterocycles. The van der Waals surface area contributed by atoms with E-state index in [1.807, 2.05) is 43.3 Å². The van der Waals surface area contributed by atoms with Crippen molar-refractivity contribution < 1.29 is 23.1 Å². The SMILES string of the molecule is CC(C)(C)OC(=O)N1C[C@H](F)C[C@H]1C(=O)N[C@@H](c1ccccc1)c1ccc(C2(C)CC2)c(F)c1. The van der Waals surface area contributed by atoms with Gasteiger partial charge in [-0.15, -0.1) is 0 Å². The van der Waals surface area contributed by atoms with Gasteiger partial charge in [-0.05, 0) is 61.8 Å². The van der Waals surface area contributed by atoms with Crippen molar-refractivity contribution in [3.63, 3.8) is 0 Å². The maximum Gasteiger partial charge on any atom is 0.411 e. The van der Waals surface area contributed by atoms with Crippen LogP contribution in [0.25, 0.3) is 0 Å². The summed E-state index contributed by atoms with van der Waals surface area (Å²) >= 11 is 0. The predicted molar refractivity (Wildman–Crippen MR) is 126 cm³/mol. The van der Waals surface area contributed by atoms with Crippen LogP contribution in [0.1, 0.15) is 69.7 Å². The third kappa shape index (κ3) is 5.24. The lowest BCUT2D eigenvalue weighted by molar-refractivity contribution is -0.126. The largest absolute Gasteiger partial charge is 0.444 e. The van der Waals surface area contributed by atoms with Gasteiger partial charge in [0.05, 0.1) is 12.6 Å². The molecule has 0 aromatic heterocycles. The summed E-state index contributed by atoms with van der Waals surface area (Å²) < 4.78 is 34.7. The fourth-order valence-electron chi connectivity index (χ4n) is 4.46. The minimum atomic E-state index is -1.32. The van der Waals surface area contributed by atoms with E-state index in [0.29, 0.717) is 11.1 Å². The summed E-state index contributed by atoms with van der Waals surface area (Å²) in [4.78, 5) is 27.1. The van der Waals surface area contributed by atoms with Gasteiger partial charge in [-0.1, -0.05) is 49.4 Å². The predicted octanol–water partition coefficient (Wildman–Crippen LogP) is 5.43. The van der Waals surface area contributed by atoms with Crippen LogP contribution in [-0.4, -0.2) is 41.3 Å². The van der Waals surface area contributed by atoms with Crippen molar-refractivity contribution in [3.05, 3.63) is 71.0 Å². The number of nitrogens with zero attached hydrogens (tertiary/aromatic N) is 1. The first-order chi connectivity index (χ1) is 16.0. The smallest absolute Gasteiger partial charge is 0.411 e. The summed E-state index contributed by atoms with van der Waals surface area (Å²) in [7, 11) is 0. The highest BCUT2D eigenvalue weighted by atomic mass is 19.1. The Morgan fingerprint density at radius 2 is 1.79 bits per heavy atom. The fourth-order valence-corrected chi connectivity index (χ4v) is 4.46. The van der Waals surface area contributed by atoms with E-state index >= 15 is 4.39 Å². The van der Waals surface area contributed by atoms with E-state index in [1.54, 1.807) is 26.8 Å². The highest BCUT2D eigenvalue weighted by Crippen LogP contribution is 2.48. The van der Waals surface area contributed by atoms with Gasteiger partial charge in [0.1, 0.15) is 23.6 Å². The third-order valence-corrected chi connectivity index (χ3v) is 6.58. The molecule has 4 rings (SSSR count). The van der Waals surface area contributed by atoms with Crippen LogP contribution in [0, 0.1) is 5.82 Å². The molecule has 0 bridgehead atoms. The van der Waals surface area contributed by atoms with Crippen LogP contribution in [0.5, 0.6) is 0 Å². The van der Waals surface area contributed by atoms with Gasteiger partial charge in [-0.2, -0.15) is 0 Å². The van der Waals surface area contributed by atoms with Crippen LogP contribution in [0.4, 0.5) is 13.6 Å². The Balaban J connectivity index is 1.60. The summed E-state index contributed by atoms with van der Waals surface area (Å²) in [5, 5.41) is 2.94. The molecule has 0 unspecified atom stereocenters. The summed E-state index contributed by atoms with van der Waals surface area (Å²) in [5.41, 5.74) is 1.14. The van der Waals surface area contributed by atoms with E-state index in [-0.39, 0.29) is 24.2 Å². The van der Waals surface area contributed by atoms with Crippen molar-refractivity contribution >= 4 is 12.0 Å². The molecular weight excluding hydrogens is 438 g/mol. The van der Waals surface area contributed by atoms with E-state index in [2.05, 4.69) is 5.32 Å². The van der Waals surface area contributed by atoms with Crippen LogP contribution in [0.3, 0.4) is 0 Å². The van der Waals surface area contributed by atoms with Crippen LogP contribution >= 0.6 is 0 Å². The zero-order chi connectivity index (χ0) is 24.7. The van der Waals surface area contributed by atoms with Crippen molar-refractivity contribution in [1.82, 2.24) is 10.2 Å². The molecule has 2 aliphatic rings. The van der Waals surface area contributed by atoms with Gasteiger partial charge in [0.25, 0.3) is 0 Å². The molecule has 0 spiro atoms. The monoisotopic (exact) mass is 470 g/mol. The Morgan fingerprint density at radius 3 is 2.38 bits per heavy atom. The number of benzene rings is 2. The molecule has 182 valence electrons. The molecular formula is C27H32F2N2O3. The maximum atomic E-state index is 15.0. The standard InChI is InChI=1S/C27H32F2N2O3/c1-26(2,3)34-25(33)31-16-19(28)15-22(31)24(32)30-23(17-8-6-5-7-9-17)18-10-11-20(21(29)14-18)27(4)12-13-27/h5-11,14,19,22-23H,12-13,15-16H2,1-4H3,(H,30,32)/t19-,22+,23+/m1/s1. The first kappa shape index (κ1) is 24.2. The average Bonchev–Trinajstić information content (AvgIpc) is 3.38. The number of hydrogen-bond donors (Lipinski definition) is 1. The topological polar surface area (TPSA) is 58.6 Å². The van der Waals surface area contributed by atoms with Gasteiger partial charge in [-0.25, -0.2) is 13.6 Å². The molecule has 1 saturated carbocycles. The van der Waals surface area contributed by atoms with Crippen molar-refractivity contribution in [2.45, 2.75) is 76.2 Å². The first-order valence-corrected chi connectivity index (χ1v) is 11.8. The van der Waals surface area contributed by atoms with E-state index in [9.17, 15) is 14.0 Å². The van der Waals surface area contributed by atoms with Crippen LogP contribution in [-0.2, 0) is 14.9 Å². The third-order valence-electron chi connectivity index (χ3n) is 6.58. The number of alkyl halides is 1.